The topological polar surface area (TPSA) is 150 Å². The highest BCUT2D eigenvalue weighted by molar-refractivity contribution is 7.53. The lowest BCUT2D eigenvalue weighted by atomic mass is 9.92. The Bertz CT molecular complexity index is 713. The third-order valence-corrected chi connectivity index (χ3v) is 6.42. The molecule has 0 unspecified atom stereocenters. The van der Waals surface area contributed by atoms with Gasteiger partial charge in [-0.3, -0.25) is 18.9 Å². The molecule has 12 nitrogen and oxygen atoms in total. The Balaban J connectivity index is 3.36. The molecular formula is C19H31O12P. The van der Waals surface area contributed by atoms with E-state index in [9.17, 15) is 23.7 Å². The SMILES string of the molecule is CCOP(=O)(CC[C@H]1O[C@H](C(=O)OC)[C@@H](OC(C)=O)[C@H](OC(C)=O)[C@H]1OC(C)=O)OCC. The van der Waals surface area contributed by atoms with E-state index in [-0.39, 0.29) is 25.8 Å². The van der Waals surface area contributed by atoms with E-state index in [2.05, 4.69) is 0 Å². The Morgan fingerprint density at radius 3 is 1.72 bits per heavy atom. The highest BCUT2D eigenvalue weighted by Crippen LogP contribution is 2.49. The van der Waals surface area contributed by atoms with Crippen molar-refractivity contribution in [3.63, 3.8) is 0 Å². The minimum Gasteiger partial charge on any atom is -0.467 e. The van der Waals surface area contributed by atoms with E-state index in [0.717, 1.165) is 27.9 Å². The van der Waals surface area contributed by atoms with Gasteiger partial charge in [0.25, 0.3) is 0 Å². The number of rotatable bonds is 11. The number of carbonyl (C=O) groups is 4. The van der Waals surface area contributed by atoms with E-state index >= 15 is 0 Å². The summed E-state index contributed by atoms with van der Waals surface area (Å²) in [7, 11) is -2.41. The maximum atomic E-state index is 12.9. The molecule has 184 valence electrons. The van der Waals surface area contributed by atoms with Crippen molar-refractivity contribution in [2.45, 2.75) is 71.6 Å². The van der Waals surface area contributed by atoms with E-state index in [1.807, 2.05) is 0 Å². The van der Waals surface area contributed by atoms with Crippen LogP contribution >= 0.6 is 7.60 Å². The molecule has 1 aliphatic rings. The fourth-order valence-corrected chi connectivity index (χ4v) is 4.97. The van der Waals surface area contributed by atoms with Gasteiger partial charge in [-0.25, -0.2) is 4.79 Å². The summed E-state index contributed by atoms with van der Waals surface area (Å²) in [4.78, 5) is 47.6. The molecule has 1 aliphatic heterocycles. The maximum Gasteiger partial charge on any atom is 0.339 e. The average molecular weight is 482 g/mol. The number of carbonyl (C=O) groups excluding carboxylic acids is 4. The van der Waals surface area contributed by atoms with Gasteiger partial charge in [0.2, 0.25) is 0 Å². The molecular weight excluding hydrogens is 451 g/mol. The zero-order chi connectivity index (χ0) is 24.5. The van der Waals surface area contributed by atoms with Crippen LogP contribution in [0.1, 0.15) is 41.0 Å². The highest BCUT2D eigenvalue weighted by Gasteiger charge is 2.54. The molecule has 0 amide bonds. The summed E-state index contributed by atoms with van der Waals surface area (Å²) in [5.74, 6) is -3.21. The molecule has 13 heteroatoms. The normalized spacial score (nSPS) is 25.5. The van der Waals surface area contributed by atoms with Crippen molar-refractivity contribution in [3.05, 3.63) is 0 Å². The molecule has 0 spiro atoms. The lowest BCUT2D eigenvalue weighted by Gasteiger charge is -2.43. The Labute approximate surface area is 186 Å². The van der Waals surface area contributed by atoms with Gasteiger partial charge in [-0.05, 0) is 20.3 Å². The number of ether oxygens (including phenoxy) is 5. The molecule has 0 saturated carbocycles. The lowest BCUT2D eigenvalue weighted by Crippen LogP contribution is -2.63. The fraction of sp³-hybridized carbons (Fsp3) is 0.789. The molecule has 1 heterocycles. The third-order valence-electron chi connectivity index (χ3n) is 4.31. The Hall–Kier alpha value is -2.01. The molecule has 0 aromatic heterocycles. The molecule has 0 N–H and O–H groups in total. The highest BCUT2D eigenvalue weighted by atomic mass is 31.2. The number of hydrogen-bond donors (Lipinski definition) is 0. The van der Waals surface area contributed by atoms with Crippen LogP contribution in [0.15, 0.2) is 0 Å². The summed E-state index contributed by atoms with van der Waals surface area (Å²) >= 11 is 0. The van der Waals surface area contributed by atoms with Gasteiger partial charge >= 0.3 is 31.5 Å². The largest absolute Gasteiger partial charge is 0.467 e. The Morgan fingerprint density at radius 1 is 0.812 bits per heavy atom. The van der Waals surface area contributed by atoms with Gasteiger partial charge in [-0.2, -0.15) is 0 Å². The first-order valence-electron chi connectivity index (χ1n) is 10.1. The minimum atomic E-state index is -3.51. The molecule has 0 radical (unpaired) electrons. The molecule has 0 bridgehead atoms. The molecule has 5 atom stereocenters. The van der Waals surface area contributed by atoms with E-state index in [1.165, 1.54) is 0 Å². The van der Waals surface area contributed by atoms with Crippen LogP contribution < -0.4 is 0 Å². The Kier molecular flexibility index (Phi) is 11.3. The van der Waals surface area contributed by atoms with Crippen molar-refractivity contribution in [3.8, 4) is 0 Å². The van der Waals surface area contributed by atoms with Crippen LogP contribution in [-0.4, -0.2) is 80.9 Å². The van der Waals surface area contributed by atoms with Crippen molar-refractivity contribution in [1.82, 2.24) is 0 Å². The predicted octanol–water partition coefficient (Wildman–Crippen LogP) is 1.38. The molecule has 0 aliphatic carbocycles. The molecule has 1 saturated heterocycles. The van der Waals surface area contributed by atoms with Crippen molar-refractivity contribution in [2.75, 3.05) is 26.5 Å². The number of esters is 4. The van der Waals surface area contributed by atoms with Crippen LogP contribution in [-0.2, 0) is 56.5 Å². The zero-order valence-corrected chi connectivity index (χ0v) is 20.0. The second kappa shape index (κ2) is 12.9. The van der Waals surface area contributed by atoms with Crippen LogP contribution in [0.25, 0.3) is 0 Å². The number of hydrogen-bond acceptors (Lipinski definition) is 12. The smallest absolute Gasteiger partial charge is 0.339 e. The summed E-state index contributed by atoms with van der Waals surface area (Å²) in [6.07, 6.45) is -6.91. The van der Waals surface area contributed by atoms with E-state index in [0.29, 0.717) is 0 Å². The van der Waals surface area contributed by atoms with Crippen molar-refractivity contribution < 1.29 is 56.5 Å². The predicted molar refractivity (Wildman–Crippen MR) is 108 cm³/mol. The van der Waals surface area contributed by atoms with Crippen LogP contribution in [0.5, 0.6) is 0 Å². The van der Waals surface area contributed by atoms with Crippen LogP contribution in [0.2, 0.25) is 0 Å². The van der Waals surface area contributed by atoms with Gasteiger partial charge in [0.1, 0.15) is 6.10 Å². The van der Waals surface area contributed by atoms with Gasteiger partial charge in [-0.15, -0.1) is 0 Å². The Morgan fingerprint density at radius 2 is 1.28 bits per heavy atom. The molecule has 0 aromatic rings. The first kappa shape index (κ1) is 28.0. The lowest BCUT2D eigenvalue weighted by molar-refractivity contribution is -0.248. The fourth-order valence-electron chi connectivity index (χ4n) is 3.28. The minimum absolute atomic E-state index is 0.0622. The average Bonchev–Trinajstić information content (AvgIpc) is 2.68. The molecule has 0 aromatic carbocycles. The second-order valence-electron chi connectivity index (χ2n) is 6.80. The summed E-state index contributed by atoms with van der Waals surface area (Å²) < 4.78 is 49.7. The van der Waals surface area contributed by atoms with Crippen LogP contribution in [0.3, 0.4) is 0 Å². The van der Waals surface area contributed by atoms with Crippen molar-refractivity contribution in [2.24, 2.45) is 0 Å². The van der Waals surface area contributed by atoms with Crippen LogP contribution in [0, 0.1) is 0 Å². The first-order chi connectivity index (χ1) is 15.0. The van der Waals surface area contributed by atoms with E-state index in [1.54, 1.807) is 13.8 Å². The van der Waals surface area contributed by atoms with Gasteiger partial charge in [0.05, 0.1) is 26.5 Å². The van der Waals surface area contributed by atoms with E-state index in [4.69, 9.17) is 32.7 Å². The molecule has 32 heavy (non-hydrogen) atoms. The summed E-state index contributed by atoms with van der Waals surface area (Å²) in [6, 6.07) is 0. The number of methoxy groups -OCH3 is 1. The van der Waals surface area contributed by atoms with Crippen LogP contribution in [0.4, 0.5) is 0 Å². The van der Waals surface area contributed by atoms with Crippen molar-refractivity contribution in [1.29, 1.82) is 0 Å². The zero-order valence-electron chi connectivity index (χ0n) is 19.1. The maximum absolute atomic E-state index is 12.9. The van der Waals surface area contributed by atoms with Gasteiger partial charge in [0, 0.05) is 20.8 Å². The monoisotopic (exact) mass is 482 g/mol. The van der Waals surface area contributed by atoms with E-state index < -0.39 is 62.0 Å². The molecule has 1 fully saturated rings. The quantitative estimate of drug-likeness (QED) is 0.238. The third kappa shape index (κ3) is 8.16. The summed E-state index contributed by atoms with van der Waals surface area (Å²) in [5.41, 5.74) is 0. The van der Waals surface area contributed by atoms with Gasteiger partial charge < -0.3 is 32.7 Å². The summed E-state index contributed by atoms with van der Waals surface area (Å²) in [5, 5.41) is 0. The van der Waals surface area contributed by atoms with Crippen molar-refractivity contribution >= 4 is 31.5 Å². The summed E-state index contributed by atoms with van der Waals surface area (Å²) in [6.45, 7) is 6.88. The van der Waals surface area contributed by atoms with Gasteiger partial charge in [-0.1, -0.05) is 0 Å². The first-order valence-corrected chi connectivity index (χ1v) is 11.8. The standard InChI is InChI=1S/C19H31O12P/c1-7-26-32(24,27-8-2)10-9-14-15(28-11(3)20)16(29-12(4)21)17(30-13(5)22)18(31-14)19(23)25-6/h14-18H,7-10H2,1-6H3/t14-,15+,16-,17+,18+/m1/s1. The van der Waals surface area contributed by atoms with Gasteiger partial charge in [0.15, 0.2) is 24.4 Å². The molecule has 1 rings (SSSR count). The second-order valence-corrected chi connectivity index (χ2v) is 8.98.